The van der Waals surface area contributed by atoms with Gasteiger partial charge in [-0.2, -0.15) is 0 Å². The van der Waals surface area contributed by atoms with Crippen molar-refractivity contribution in [2.45, 2.75) is 13.3 Å². The first-order chi connectivity index (χ1) is 15.4. The second-order valence-corrected chi connectivity index (χ2v) is 7.96. The Morgan fingerprint density at radius 1 is 1.12 bits per heavy atom. The van der Waals surface area contributed by atoms with Crippen LogP contribution < -0.4 is 19.5 Å². The van der Waals surface area contributed by atoms with Gasteiger partial charge in [0, 0.05) is 30.4 Å². The number of nitrogens with one attached hydrogen (secondary N) is 1. The van der Waals surface area contributed by atoms with Gasteiger partial charge in [-0.15, -0.1) is 0 Å². The zero-order valence-corrected chi connectivity index (χ0v) is 18.7. The van der Waals surface area contributed by atoms with Gasteiger partial charge in [0.25, 0.3) is 0 Å². The van der Waals surface area contributed by atoms with Gasteiger partial charge in [-0.1, -0.05) is 0 Å². The van der Waals surface area contributed by atoms with Gasteiger partial charge < -0.3 is 19.5 Å². The maximum Gasteiger partial charge on any atom is 0.238 e. The fourth-order valence-electron chi connectivity index (χ4n) is 4.24. The maximum absolute atomic E-state index is 13.2. The molecule has 4 rings (SSSR count). The molecule has 0 radical (unpaired) electrons. The molecule has 1 N–H and O–H groups in total. The van der Waals surface area contributed by atoms with E-state index in [-0.39, 0.29) is 24.2 Å². The van der Waals surface area contributed by atoms with E-state index in [0.717, 1.165) is 17.0 Å². The van der Waals surface area contributed by atoms with E-state index in [1.807, 2.05) is 17.9 Å². The van der Waals surface area contributed by atoms with Gasteiger partial charge in [-0.25, -0.2) is 0 Å². The Morgan fingerprint density at radius 2 is 1.91 bits per heavy atom. The van der Waals surface area contributed by atoms with Gasteiger partial charge in [0.15, 0.2) is 5.78 Å². The largest absolute Gasteiger partial charge is 0.497 e. The molecule has 1 unspecified atom stereocenters. The average molecular weight is 437 g/mol. The topological polar surface area (TPSA) is 89.5 Å². The lowest BCUT2D eigenvalue weighted by atomic mass is 9.84. The predicted octanol–water partition coefficient (Wildman–Crippen LogP) is 3.25. The molecular formula is C24H27N3O5. The van der Waals surface area contributed by atoms with Gasteiger partial charge in [0.2, 0.25) is 5.91 Å². The lowest BCUT2D eigenvalue weighted by Gasteiger charge is -2.35. The standard InChI is InChI=1S/C24H27N3O5/c1-14-9-16(31-3)10-17-23(14)26-19-7-8-27(12-18(19)24(17)29)13-22(28)25-20-6-5-15(30-2)11-21(20)32-4/h5-6,9-11,18H,7-8,12-13H2,1-4H3,(H,25,28). The van der Waals surface area contributed by atoms with Gasteiger partial charge in [-0.05, 0) is 43.2 Å². The fraction of sp³-hybridized carbons (Fsp3) is 0.375. The number of nitrogens with zero attached hydrogens (tertiary/aromatic N) is 2. The molecule has 1 saturated heterocycles. The summed E-state index contributed by atoms with van der Waals surface area (Å²) >= 11 is 0. The molecule has 1 atom stereocenters. The van der Waals surface area contributed by atoms with Crippen molar-refractivity contribution in [1.82, 2.24) is 4.90 Å². The molecule has 2 aliphatic rings. The number of hydrogen-bond acceptors (Lipinski definition) is 7. The Hall–Kier alpha value is -3.39. The lowest BCUT2D eigenvalue weighted by molar-refractivity contribution is -0.117. The number of piperidine rings is 1. The second kappa shape index (κ2) is 9.00. The van der Waals surface area contributed by atoms with E-state index in [4.69, 9.17) is 19.2 Å². The van der Waals surface area contributed by atoms with Crippen molar-refractivity contribution in [3.63, 3.8) is 0 Å². The van der Waals surface area contributed by atoms with E-state index in [1.54, 1.807) is 45.6 Å². The van der Waals surface area contributed by atoms with E-state index >= 15 is 0 Å². The van der Waals surface area contributed by atoms with E-state index < -0.39 is 0 Å². The van der Waals surface area contributed by atoms with Gasteiger partial charge >= 0.3 is 0 Å². The van der Waals surface area contributed by atoms with Crippen LogP contribution in [0.1, 0.15) is 22.3 Å². The Kier molecular flexibility index (Phi) is 6.14. The third-order valence-corrected chi connectivity index (χ3v) is 5.92. The summed E-state index contributed by atoms with van der Waals surface area (Å²) in [6.45, 7) is 3.24. The minimum Gasteiger partial charge on any atom is -0.497 e. The highest BCUT2D eigenvalue weighted by Gasteiger charge is 2.37. The monoisotopic (exact) mass is 437 g/mol. The Labute approximate surface area is 187 Å². The molecule has 2 aliphatic heterocycles. The van der Waals surface area contributed by atoms with Gasteiger partial charge in [0.05, 0.1) is 45.2 Å². The summed E-state index contributed by atoms with van der Waals surface area (Å²) in [7, 11) is 4.70. The first kappa shape index (κ1) is 21.8. The first-order valence-corrected chi connectivity index (χ1v) is 10.5. The molecule has 1 amide bonds. The number of fused-ring (bicyclic) bond motifs is 2. The summed E-state index contributed by atoms with van der Waals surface area (Å²) in [5.74, 6) is 1.34. The normalized spacial score (nSPS) is 17.7. The summed E-state index contributed by atoms with van der Waals surface area (Å²) in [6.07, 6.45) is 0.653. The summed E-state index contributed by atoms with van der Waals surface area (Å²) in [6, 6.07) is 8.87. The summed E-state index contributed by atoms with van der Waals surface area (Å²) in [5, 5.41) is 2.89. The molecule has 0 bridgehead atoms. The SMILES string of the molecule is COc1ccc(NC(=O)CN2CCC3=Nc4c(C)cc(OC)cc4C(=O)C3C2)c(OC)c1. The number of amides is 1. The molecular weight excluding hydrogens is 410 g/mol. The molecule has 0 spiro atoms. The van der Waals surface area contributed by atoms with Crippen LogP contribution in [0.25, 0.3) is 0 Å². The summed E-state index contributed by atoms with van der Waals surface area (Å²) < 4.78 is 15.9. The number of carbonyl (C=O) groups excluding carboxylic acids is 2. The number of ketones is 1. The van der Waals surface area contributed by atoms with Crippen molar-refractivity contribution >= 4 is 28.8 Å². The van der Waals surface area contributed by atoms with E-state index in [9.17, 15) is 9.59 Å². The molecule has 0 aromatic heterocycles. The molecule has 8 heteroatoms. The van der Waals surface area contributed by atoms with Crippen LogP contribution in [0, 0.1) is 12.8 Å². The smallest absolute Gasteiger partial charge is 0.238 e. The lowest BCUT2D eigenvalue weighted by Crippen LogP contribution is -2.47. The fourth-order valence-corrected chi connectivity index (χ4v) is 4.24. The number of methoxy groups -OCH3 is 3. The average Bonchev–Trinajstić information content (AvgIpc) is 2.80. The Bertz CT molecular complexity index is 1100. The number of hydrogen-bond donors (Lipinski definition) is 1. The van der Waals surface area contributed by atoms with Crippen LogP contribution in [-0.2, 0) is 4.79 Å². The van der Waals surface area contributed by atoms with Crippen LogP contribution in [0.15, 0.2) is 35.3 Å². The molecule has 2 aromatic carbocycles. The minimum atomic E-state index is -0.342. The third kappa shape index (κ3) is 4.18. The van der Waals surface area contributed by atoms with Crippen molar-refractivity contribution in [3.8, 4) is 17.2 Å². The number of ether oxygens (including phenoxy) is 3. The van der Waals surface area contributed by atoms with Crippen LogP contribution in [0.3, 0.4) is 0 Å². The quantitative estimate of drug-likeness (QED) is 0.746. The minimum absolute atomic E-state index is 0.0360. The van der Waals surface area contributed by atoms with E-state index in [0.29, 0.717) is 48.0 Å². The molecule has 168 valence electrons. The van der Waals surface area contributed by atoms with E-state index in [2.05, 4.69) is 5.32 Å². The number of Topliss-reactive ketones (excluding diaryl/α,β-unsaturated/α-hetero) is 1. The number of anilines is 1. The first-order valence-electron chi connectivity index (χ1n) is 10.5. The molecule has 32 heavy (non-hydrogen) atoms. The number of aryl methyl sites for hydroxylation is 1. The van der Waals surface area contributed by atoms with Crippen molar-refractivity contribution in [2.24, 2.45) is 10.9 Å². The summed E-state index contributed by atoms with van der Waals surface area (Å²) in [5.41, 5.74) is 3.71. The van der Waals surface area contributed by atoms with Crippen LogP contribution in [-0.4, -0.2) is 63.3 Å². The zero-order chi connectivity index (χ0) is 22.8. The third-order valence-electron chi connectivity index (χ3n) is 5.92. The van der Waals surface area contributed by atoms with Gasteiger partial charge in [-0.3, -0.25) is 19.5 Å². The van der Waals surface area contributed by atoms with E-state index in [1.165, 1.54) is 0 Å². The highest BCUT2D eigenvalue weighted by molar-refractivity contribution is 6.19. The number of likely N-dealkylation sites (tertiary alicyclic amines) is 1. The number of rotatable bonds is 6. The van der Waals surface area contributed by atoms with Crippen molar-refractivity contribution in [3.05, 3.63) is 41.5 Å². The Balaban J connectivity index is 1.46. The van der Waals surface area contributed by atoms with Crippen molar-refractivity contribution in [1.29, 1.82) is 0 Å². The van der Waals surface area contributed by atoms with Crippen LogP contribution in [0.2, 0.25) is 0 Å². The van der Waals surface area contributed by atoms with Crippen molar-refractivity contribution < 1.29 is 23.8 Å². The number of carbonyl (C=O) groups is 2. The highest BCUT2D eigenvalue weighted by atomic mass is 16.5. The van der Waals surface area contributed by atoms with Gasteiger partial charge in [0.1, 0.15) is 17.2 Å². The van der Waals surface area contributed by atoms with Crippen LogP contribution in [0.4, 0.5) is 11.4 Å². The Morgan fingerprint density at radius 3 is 2.62 bits per heavy atom. The molecule has 8 nitrogen and oxygen atoms in total. The van der Waals surface area contributed by atoms with Crippen molar-refractivity contribution in [2.75, 3.05) is 46.3 Å². The maximum atomic E-state index is 13.2. The summed E-state index contributed by atoms with van der Waals surface area (Å²) in [4.78, 5) is 32.7. The number of benzene rings is 2. The molecule has 0 saturated carbocycles. The molecule has 2 aromatic rings. The highest BCUT2D eigenvalue weighted by Crippen LogP contribution is 2.37. The predicted molar refractivity (Wildman–Crippen MR) is 122 cm³/mol. The second-order valence-electron chi connectivity index (χ2n) is 7.96. The molecule has 2 heterocycles. The molecule has 1 fully saturated rings. The van der Waals surface area contributed by atoms with Crippen LogP contribution >= 0.6 is 0 Å². The zero-order valence-electron chi connectivity index (χ0n) is 18.7. The molecule has 0 aliphatic carbocycles. The van der Waals surface area contributed by atoms with Crippen LogP contribution in [0.5, 0.6) is 17.2 Å². The number of aliphatic imine (C=N–C) groups is 1.